The van der Waals surface area contributed by atoms with Crippen LogP contribution in [0, 0.1) is 5.92 Å². The van der Waals surface area contributed by atoms with Crippen molar-refractivity contribution in [3.05, 3.63) is 23.9 Å². The van der Waals surface area contributed by atoms with Crippen molar-refractivity contribution in [2.75, 3.05) is 20.3 Å². The molecular formula is C26H43NO4Si. The lowest BCUT2D eigenvalue weighted by atomic mass is 9.78. The number of allylic oxidation sites excluding steroid dienone is 1. The summed E-state index contributed by atoms with van der Waals surface area (Å²) in [7, 11) is 0.0305. The topological polar surface area (TPSA) is 59.0 Å². The summed E-state index contributed by atoms with van der Waals surface area (Å²) in [6.45, 7) is 11.9. The van der Waals surface area contributed by atoms with Gasteiger partial charge in [-0.25, -0.2) is 0 Å². The zero-order valence-corrected chi connectivity index (χ0v) is 21.6. The van der Waals surface area contributed by atoms with Gasteiger partial charge in [0.2, 0.25) is 0 Å². The zero-order valence-electron chi connectivity index (χ0n) is 20.6. The number of amides is 1. The molecule has 4 atom stereocenters. The van der Waals surface area contributed by atoms with Crippen LogP contribution in [0.25, 0.3) is 0 Å². The molecular weight excluding hydrogens is 418 g/mol. The first-order valence-electron chi connectivity index (χ1n) is 12.8. The van der Waals surface area contributed by atoms with E-state index in [0.29, 0.717) is 30.2 Å². The van der Waals surface area contributed by atoms with Gasteiger partial charge in [0, 0.05) is 31.9 Å². The largest absolute Gasteiger partial charge is 0.396 e. The molecule has 4 rings (SSSR count). The fraction of sp³-hybridized carbons (Fsp3) is 0.808. The number of nitrogens with zero attached hydrogens (tertiary/aromatic N) is 1. The third-order valence-electron chi connectivity index (χ3n) is 9.34. The number of carbonyl (C=O) groups excluding carboxylic acids is 1. The van der Waals surface area contributed by atoms with Crippen LogP contribution in [0.1, 0.15) is 64.7 Å². The molecule has 0 aromatic heterocycles. The molecule has 0 aromatic rings. The molecule has 2 aliphatic heterocycles. The van der Waals surface area contributed by atoms with Gasteiger partial charge in [-0.05, 0) is 61.6 Å². The van der Waals surface area contributed by atoms with Crippen LogP contribution < -0.4 is 0 Å². The van der Waals surface area contributed by atoms with E-state index in [4.69, 9.17) is 9.47 Å². The molecule has 0 bridgehead atoms. The summed E-state index contributed by atoms with van der Waals surface area (Å²) in [4.78, 5) is 16.0. The highest BCUT2D eigenvalue weighted by molar-refractivity contribution is 6.80. The maximum Gasteiger partial charge on any atom is 0.263 e. The van der Waals surface area contributed by atoms with Crippen LogP contribution in [0.5, 0.6) is 0 Å². The number of aliphatic hydroxyl groups is 1. The number of rotatable bonds is 7. The summed E-state index contributed by atoms with van der Waals surface area (Å²) in [5, 5.41) is 9.94. The summed E-state index contributed by atoms with van der Waals surface area (Å²) in [6.07, 6.45) is 11.7. The van der Waals surface area contributed by atoms with Crippen molar-refractivity contribution in [3.63, 3.8) is 0 Å². The zero-order chi connectivity index (χ0) is 23.1. The molecule has 2 aliphatic carbocycles. The molecule has 2 fully saturated rings. The van der Waals surface area contributed by atoms with Crippen molar-refractivity contribution < 1.29 is 19.4 Å². The van der Waals surface area contributed by atoms with Gasteiger partial charge in [-0.15, -0.1) is 6.58 Å². The summed E-state index contributed by atoms with van der Waals surface area (Å²) < 4.78 is 12.6. The van der Waals surface area contributed by atoms with E-state index in [2.05, 4.69) is 26.6 Å². The van der Waals surface area contributed by atoms with E-state index in [1.165, 1.54) is 24.1 Å². The van der Waals surface area contributed by atoms with Gasteiger partial charge >= 0.3 is 0 Å². The third-order valence-corrected chi connectivity index (χ3v) is 14.6. The molecule has 0 radical (unpaired) electrons. The quantitative estimate of drug-likeness (QED) is 0.426. The maximum absolute atomic E-state index is 14.0. The Morgan fingerprint density at radius 1 is 1.25 bits per heavy atom. The summed E-state index contributed by atoms with van der Waals surface area (Å²) >= 11 is 0. The molecule has 0 aromatic carbocycles. The van der Waals surface area contributed by atoms with Crippen molar-refractivity contribution >= 4 is 14.0 Å². The fourth-order valence-corrected chi connectivity index (χ4v) is 12.8. The average Bonchev–Trinajstić information content (AvgIpc) is 3.22. The van der Waals surface area contributed by atoms with Crippen molar-refractivity contribution in [2.24, 2.45) is 5.92 Å². The Morgan fingerprint density at radius 3 is 2.56 bits per heavy atom. The number of fused-ring (bicyclic) bond motifs is 1. The number of carbonyl (C=O) groups is 1. The Balaban J connectivity index is 1.70. The number of ether oxygens (including phenoxy) is 2. The lowest BCUT2D eigenvalue weighted by Crippen LogP contribution is -2.50. The van der Waals surface area contributed by atoms with Crippen LogP contribution in [0.4, 0.5) is 0 Å². The van der Waals surface area contributed by atoms with Crippen LogP contribution >= 0.6 is 0 Å². The van der Waals surface area contributed by atoms with Crippen LogP contribution in [-0.2, 0) is 14.3 Å². The number of aliphatic hydroxyl groups excluding tert-OH is 1. The molecule has 180 valence electrons. The van der Waals surface area contributed by atoms with Crippen molar-refractivity contribution in [2.45, 2.75) is 107 Å². The standard InChI is InChI=1S/C26H43NO4Si/c1-6-16-27-22-10-8-7-9-21(22)26(25(27)29)18(2)24(23(31-26)15-17-28)32(4,5)20-13-11-19(30-3)12-14-20/h6,18-20,23-24,28H,1,7-17H2,2-5H3/t18-,19?,20?,23+,24-,26+/m0/s1. The molecule has 32 heavy (non-hydrogen) atoms. The highest BCUT2D eigenvalue weighted by atomic mass is 28.3. The van der Waals surface area contributed by atoms with Crippen LogP contribution in [0.15, 0.2) is 23.9 Å². The number of methoxy groups -OCH3 is 1. The number of hydrogen-bond donors (Lipinski definition) is 1. The Hall–Kier alpha value is -0.953. The van der Waals surface area contributed by atoms with E-state index in [-0.39, 0.29) is 24.5 Å². The molecule has 1 amide bonds. The first-order valence-corrected chi connectivity index (χ1v) is 15.9. The molecule has 1 spiro atoms. The van der Waals surface area contributed by atoms with E-state index < -0.39 is 13.7 Å². The van der Waals surface area contributed by atoms with Gasteiger partial charge in [0.1, 0.15) is 0 Å². The fourth-order valence-electron chi connectivity index (χ4n) is 7.75. The third kappa shape index (κ3) is 3.66. The second-order valence-corrected chi connectivity index (χ2v) is 16.2. The highest BCUT2D eigenvalue weighted by Gasteiger charge is 2.67. The molecule has 2 heterocycles. The molecule has 6 heteroatoms. The molecule has 0 unspecified atom stereocenters. The first-order chi connectivity index (χ1) is 15.3. The second kappa shape index (κ2) is 9.36. The number of hydrogen-bond acceptors (Lipinski definition) is 4. The minimum Gasteiger partial charge on any atom is -0.396 e. The van der Waals surface area contributed by atoms with Gasteiger partial charge in [-0.1, -0.05) is 38.9 Å². The predicted molar refractivity (Wildman–Crippen MR) is 130 cm³/mol. The lowest BCUT2D eigenvalue weighted by molar-refractivity contribution is -0.149. The van der Waals surface area contributed by atoms with Gasteiger partial charge in [-0.3, -0.25) is 4.79 Å². The Labute approximate surface area is 195 Å². The van der Waals surface area contributed by atoms with Gasteiger partial charge in [0.25, 0.3) is 5.91 Å². The monoisotopic (exact) mass is 461 g/mol. The Morgan fingerprint density at radius 2 is 1.94 bits per heavy atom. The van der Waals surface area contributed by atoms with E-state index >= 15 is 0 Å². The van der Waals surface area contributed by atoms with Crippen molar-refractivity contribution in [1.82, 2.24) is 4.90 Å². The molecule has 5 nitrogen and oxygen atoms in total. The van der Waals surface area contributed by atoms with Crippen molar-refractivity contribution in [1.29, 1.82) is 0 Å². The van der Waals surface area contributed by atoms with Gasteiger partial charge in [0.05, 0.1) is 20.3 Å². The first kappa shape index (κ1) is 24.2. The van der Waals surface area contributed by atoms with E-state index in [9.17, 15) is 9.90 Å². The van der Waals surface area contributed by atoms with Gasteiger partial charge < -0.3 is 19.5 Å². The molecule has 1 saturated carbocycles. The smallest absolute Gasteiger partial charge is 0.263 e. The van der Waals surface area contributed by atoms with E-state index in [1.54, 1.807) is 0 Å². The molecule has 1 saturated heterocycles. The SMILES string of the molecule is C=CCN1C(=O)[C@]2(O[C@H](CCO)[C@@H]([Si](C)(C)C3CCC(OC)CC3)[C@@H]2C)C2=C1CCCC2. The average molecular weight is 462 g/mol. The minimum atomic E-state index is -1.80. The van der Waals surface area contributed by atoms with E-state index in [0.717, 1.165) is 38.5 Å². The van der Waals surface area contributed by atoms with Gasteiger partial charge in [0.15, 0.2) is 5.60 Å². The van der Waals surface area contributed by atoms with E-state index in [1.807, 2.05) is 18.1 Å². The molecule has 1 N–H and O–H groups in total. The predicted octanol–water partition coefficient (Wildman–Crippen LogP) is 5.04. The summed E-state index contributed by atoms with van der Waals surface area (Å²) in [5.41, 5.74) is 2.71. The van der Waals surface area contributed by atoms with Crippen LogP contribution in [-0.4, -0.2) is 62.1 Å². The molecule has 4 aliphatic rings. The summed E-state index contributed by atoms with van der Waals surface area (Å²) in [6, 6.07) is 0. The second-order valence-electron chi connectivity index (χ2n) is 11.1. The Bertz CT molecular complexity index is 757. The van der Waals surface area contributed by atoms with Crippen molar-refractivity contribution in [3.8, 4) is 0 Å². The maximum atomic E-state index is 14.0. The Kier molecular flexibility index (Phi) is 7.07. The normalized spacial score (nSPS) is 38.0. The summed E-state index contributed by atoms with van der Waals surface area (Å²) in [5.74, 6) is 0.279. The van der Waals surface area contributed by atoms with Gasteiger partial charge in [-0.2, -0.15) is 0 Å². The van der Waals surface area contributed by atoms with Crippen LogP contribution in [0.3, 0.4) is 0 Å². The minimum absolute atomic E-state index is 0.0416. The van der Waals surface area contributed by atoms with Crippen LogP contribution in [0.2, 0.25) is 24.2 Å². The lowest BCUT2D eigenvalue weighted by Gasteiger charge is -2.44. The highest BCUT2D eigenvalue weighted by Crippen LogP contribution is 2.61.